The van der Waals surface area contributed by atoms with E-state index in [2.05, 4.69) is 43.5 Å². The van der Waals surface area contributed by atoms with Crippen molar-refractivity contribution in [3.05, 3.63) is 36.5 Å². The number of rotatable bonds is 60. The van der Waals surface area contributed by atoms with Crippen molar-refractivity contribution in [2.24, 2.45) is 0 Å². The van der Waals surface area contributed by atoms with Gasteiger partial charge in [-0.25, -0.2) is 0 Å². The Morgan fingerprint density at radius 2 is 0.694 bits per heavy atom. The first-order valence-corrected chi connectivity index (χ1v) is 32.3. The van der Waals surface area contributed by atoms with Crippen molar-refractivity contribution in [3.8, 4) is 0 Å². The molecule has 0 aliphatic heterocycles. The van der Waals surface area contributed by atoms with E-state index in [9.17, 15) is 19.8 Å². The smallest absolute Gasteiger partial charge is 0.305 e. The van der Waals surface area contributed by atoms with Gasteiger partial charge in [-0.1, -0.05) is 307 Å². The van der Waals surface area contributed by atoms with Gasteiger partial charge < -0.3 is 20.3 Å². The van der Waals surface area contributed by atoms with Crippen molar-refractivity contribution < 1.29 is 24.5 Å². The van der Waals surface area contributed by atoms with Gasteiger partial charge >= 0.3 is 5.97 Å². The lowest BCUT2D eigenvalue weighted by molar-refractivity contribution is -0.143. The van der Waals surface area contributed by atoms with Crippen molar-refractivity contribution in [2.75, 3.05) is 13.2 Å². The molecule has 3 N–H and O–H groups in total. The Bertz CT molecular complexity index is 1170. The summed E-state index contributed by atoms with van der Waals surface area (Å²) in [7, 11) is 0. The van der Waals surface area contributed by atoms with Crippen molar-refractivity contribution >= 4 is 11.9 Å². The molecule has 424 valence electrons. The minimum Gasteiger partial charge on any atom is -0.466 e. The molecule has 0 heterocycles. The highest BCUT2D eigenvalue weighted by Crippen LogP contribution is 2.18. The number of amides is 1. The van der Waals surface area contributed by atoms with Gasteiger partial charge in [0.2, 0.25) is 5.91 Å². The molecule has 0 aromatic carbocycles. The maximum atomic E-state index is 12.4. The number of unbranched alkanes of at least 4 members (excludes halogenated alkanes) is 45. The Morgan fingerprint density at radius 3 is 1.07 bits per heavy atom. The van der Waals surface area contributed by atoms with Gasteiger partial charge in [0.25, 0.3) is 0 Å². The highest BCUT2D eigenvalue weighted by molar-refractivity contribution is 5.76. The van der Waals surface area contributed by atoms with E-state index in [0.29, 0.717) is 19.4 Å². The van der Waals surface area contributed by atoms with Crippen LogP contribution in [0, 0.1) is 0 Å². The van der Waals surface area contributed by atoms with Crippen LogP contribution in [-0.2, 0) is 14.3 Å². The molecule has 0 spiro atoms. The average molecular weight is 1010 g/mol. The number of ether oxygens (including phenoxy) is 1. The summed E-state index contributed by atoms with van der Waals surface area (Å²) in [6.07, 6.45) is 77.9. The highest BCUT2D eigenvalue weighted by Gasteiger charge is 2.18. The molecule has 2 unspecified atom stereocenters. The number of esters is 1. The SMILES string of the molecule is CCCCCC/C=C\C/C=C\CCCCCCCC(=O)OCCCCCCCCCCCCCCCCCCCCCCCCCCCCCCCCC(=O)NC(CO)C(O)/C=C/CCCCCCCCC. The molecule has 0 aliphatic carbocycles. The zero-order valence-corrected chi connectivity index (χ0v) is 48.4. The van der Waals surface area contributed by atoms with Crippen molar-refractivity contribution in [1.29, 1.82) is 0 Å². The molecule has 1 amide bonds. The van der Waals surface area contributed by atoms with Crippen LogP contribution < -0.4 is 5.32 Å². The monoisotopic (exact) mass is 1010 g/mol. The molecular formula is C66H125NO5. The summed E-state index contributed by atoms with van der Waals surface area (Å²) < 4.78 is 5.49. The first-order chi connectivity index (χ1) is 35.5. The van der Waals surface area contributed by atoms with E-state index in [1.54, 1.807) is 6.08 Å². The van der Waals surface area contributed by atoms with Crippen LogP contribution in [0.5, 0.6) is 0 Å². The van der Waals surface area contributed by atoms with Gasteiger partial charge in [-0.2, -0.15) is 0 Å². The third-order valence-electron chi connectivity index (χ3n) is 14.9. The second kappa shape index (κ2) is 61.6. The number of carbonyl (C=O) groups excluding carboxylic acids is 2. The lowest BCUT2D eigenvalue weighted by Crippen LogP contribution is -2.45. The van der Waals surface area contributed by atoms with Crippen LogP contribution in [0.15, 0.2) is 36.5 Å². The summed E-state index contributed by atoms with van der Waals surface area (Å²) in [5.41, 5.74) is 0. The maximum Gasteiger partial charge on any atom is 0.305 e. The number of hydrogen-bond donors (Lipinski definition) is 3. The molecule has 0 radical (unpaired) electrons. The van der Waals surface area contributed by atoms with Crippen LogP contribution in [0.25, 0.3) is 0 Å². The molecule has 6 heteroatoms. The number of aliphatic hydroxyl groups is 2. The van der Waals surface area contributed by atoms with Crippen LogP contribution in [0.3, 0.4) is 0 Å². The standard InChI is InChI=1S/C66H125NO5/c1-3-5-7-9-11-13-14-15-16-34-37-40-44-48-52-56-60-66(71)72-61-57-53-49-45-41-38-35-32-30-28-26-24-22-20-18-17-19-21-23-25-27-29-31-33-36-39-43-47-51-55-59-65(70)67-63(62-68)64(69)58-54-50-46-42-12-10-8-6-4-2/h13-14,16,34,54,58,63-64,68-69H,3-12,15,17-33,35-53,55-57,59-62H2,1-2H3,(H,67,70)/b14-13-,34-16-,58-54+. The molecular weight excluding hydrogens is 887 g/mol. The fourth-order valence-corrected chi connectivity index (χ4v) is 9.96. The second-order valence-electron chi connectivity index (χ2n) is 22.1. The fourth-order valence-electron chi connectivity index (χ4n) is 9.96. The normalized spacial score (nSPS) is 12.8. The lowest BCUT2D eigenvalue weighted by Gasteiger charge is -2.20. The number of allylic oxidation sites excluding steroid dienone is 5. The van der Waals surface area contributed by atoms with E-state index in [1.165, 1.54) is 270 Å². The Labute approximate surface area is 449 Å². The summed E-state index contributed by atoms with van der Waals surface area (Å²) in [5, 5.41) is 23.0. The molecule has 0 aromatic rings. The number of aliphatic hydroxyl groups excluding tert-OH is 2. The van der Waals surface area contributed by atoms with E-state index >= 15 is 0 Å². The molecule has 6 nitrogen and oxygen atoms in total. The number of carbonyl (C=O) groups is 2. The van der Waals surface area contributed by atoms with Gasteiger partial charge in [0, 0.05) is 12.8 Å². The molecule has 72 heavy (non-hydrogen) atoms. The third kappa shape index (κ3) is 57.4. The summed E-state index contributed by atoms with van der Waals surface area (Å²) in [6, 6.07) is -0.622. The molecule has 0 rings (SSSR count). The van der Waals surface area contributed by atoms with E-state index in [-0.39, 0.29) is 18.5 Å². The predicted molar refractivity (Wildman–Crippen MR) is 315 cm³/mol. The fraction of sp³-hybridized carbons (Fsp3) is 0.879. The van der Waals surface area contributed by atoms with Crippen LogP contribution in [-0.4, -0.2) is 47.4 Å². The van der Waals surface area contributed by atoms with Crippen LogP contribution in [0.4, 0.5) is 0 Å². The minimum absolute atomic E-state index is 0.00619. The number of hydrogen-bond acceptors (Lipinski definition) is 5. The first-order valence-electron chi connectivity index (χ1n) is 32.3. The topological polar surface area (TPSA) is 95.9 Å². The Kier molecular flexibility index (Phi) is 60.0. The molecule has 0 saturated carbocycles. The Morgan fingerprint density at radius 1 is 0.389 bits per heavy atom. The van der Waals surface area contributed by atoms with Crippen LogP contribution >= 0.6 is 0 Å². The quantitative estimate of drug-likeness (QED) is 0.0320. The van der Waals surface area contributed by atoms with Gasteiger partial charge in [-0.3, -0.25) is 9.59 Å². The summed E-state index contributed by atoms with van der Waals surface area (Å²) in [4.78, 5) is 24.5. The van der Waals surface area contributed by atoms with Gasteiger partial charge in [0.05, 0.1) is 25.4 Å². The summed E-state index contributed by atoms with van der Waals surface area (Å²) in [6.45, 7) is 4.87. The van der Waals surface area contributed by atoms with E-state index in [0.717, 1.165) is 51.4 Å². The highest BCUT2D eigenvalue weighted by atomic mass is 16.5. The zero-order valence-electron chi connectivity index (χ0n) is 48.4. The summed E-state index contributed by atoms with van der Waals surface area (Å²) in [5.74, 6) is -0.0599. The largest absolute Gasteiger partial charge is 0.466 e. The van der Waals surface area contributed by atoms with E-state index in [1.807, 2.05) is 6.08 Å². The van der Waals surface area contributed by atoms with E-state index in [4.69, 9.17) is 4.74 Å². The van der Waals surface area contributed by atoms with Crippen molar-refractivity contribution in [2.45, 2.75) is 360 Å². The van der Waals surface area contributed by atoms with E-state index < -0.39 is 12.1 Å². The van der Waals surface area contributed by atoms with Gasteiger partial charge in [-0.15, -0.1) is 0 Å². The molecule has 0 aliphatic rings. The predicted octanol–water partition coefficient (Wildman–Crippen LogP) is 20.4. The molecule has 0 saturated heterocycles. The van der Waals surface area contributed by atoms with Gasteiger partial charge in [-0.05, 0) is 64.2 Å². The van der Waals surface area contributed by atoms with Crippen LogP contribution in [0.1, 0.15) is 348 Å². The minimum atomic E-state index is -0.839. The third-order valence-corrected chi connectivity index (χ3v) is 14.9. The number of nitrogens with one attached hydrogen (secondary N) is 1. The summed E-state index contributed by atoms with van der Waals surface area (Å²) >= 11 is 0. The van der Waals surface area contributed by atoms with Crippen molar-refractivity contribution in [3.63, 3.8) is 0 Å². The molecule has 0 bridgehead atoms. The zero-order chi connectivity index (χ0) is 52.2. The van der Waals surface area contributed by atoms with Crippen molar-refractivity contribution in [1.82, 2.24) is 5.32 Å². The molecule has 2 atom stereocenters. The average Bonchev–Trinajstić information content (AvgIpc) is 3.38. The Hall–Kier alpha value is -1.92. The second-order valence-corrected chi connectivity index (χ2v) is 22.1. The van der Waals surface area contributed by atoms with Gasteiger partial charge in [0.1, 0.15) is 0 Å². The van der Waals surface area contributed by atoms with Gasteiger partial charge in [0.15, 0.2) is 0 Å². The molecule has 0 aromatic heterocycles. The molecule has 0 fully saturated rings. The first kappa shape index (κ1) is 70.1. The Balaban J connectivity index is 3.31. The maximum absolute atomic E-state index is 12.4. The lowest BCUT2D eigenvalue weighted by atomic mass is 10.0. The van der Waals surface area contributed by atoms with Crippen LogP contribution in [0.2, 0.25) is 0 Å².